The quantitative estimate of drug-likeness (QED) is 0.448. The van der Waals surface area contributed by atoms with E-state index in [-0.39, 0.29) is 29.8 Å². The van der Waals surface area contributed by atoms with Gasteiger partial charge in [-0.2, -0.15) is 4.31 Å². The Morgan fingerprint density at radius 2 is 1.80 bits per heavy atom. The number of anilines is 1. The van der Waals surface area contributed by atoms with Crippen molar-refractivity contribution in [3.05, 3.63) is 53.8 Å². The van der Waals surface area contributed by atoms with Crippen LogP contribution in [-0.4, -0.2) is 68.8 Å². The molecule has 7 nitrogen and oxygen atoms in total. The lowest BCUT2D eigenvalue weighted by Crippen LogP contribution is -2.45. The molecular formula is C25H31FN4O3S2. The highest BCUT2D eigenvalue weighted by Crippen LogP contribution is 2.33. The van der Waals surface area contributed by atoms with E-state index in [9.17, 15) is 17.6 Å². The summed E-state index contributed by atoms with van der Waals surface area (Å²) in [4.78, 5) is 22.4. The summed E-state index contributed by atoms with van der Waals surface area (Å²) in [5, 5.41) is 0.694. The standard InChI is InChI=1S/C25H31FN4O3S2/c1-18-6-4-7-22-23(18)27-25(34-22)30(15-5-14-28(2)3)24(31)19-12-16-29(17-13-19)35(32,33)21-10-8-20(26)9-11-21/h4,6-11,19H,5,12-17H2,1-3H3. The molecule has 0 N–H and O–H groups in total. The summed E-state index contributed by atoms with van der Waals surface area (Å²) in [7, 11) is 0.289. The fourth-order valence-electron chi connectivity index (χ4n) is 4.35. The summed E-state index contributed by atoms with van der Waals surface area (Å²) in [6.45, 7) is 3.93. The maximum Gasteiger partial charge on any atom is 0.243 e. The number of carbonyl (C=O) groups excluding carboxylic acids is 1. The van der Waals surface area contributed by atoms with E-state index >= 15 is 0 Å². The molecule has 0 spiro atoms. The number of benzene rings is 2. The van der Waals surface area contributed by atoms with Gasteiger partial charge in [-0.15, -0.1) is 0 Å². The van der Waals surface area contributed by atoms with Gasteiger partial charge in [0.15, 0.2) is 5.13 Å². The molecule has 1 aliphatic rings. The summed E-state index contributed by atoms with van der Waals surface area (Å²) in [6.07, 6.45) is 1.69. The molecule has 1 aromatic heterocycles. The number of sulfonamides is 1. The molecule has 1 aliphatic heterocycles. The van der Waals surface area contributed by atoms with Gasteiger partial charge in [-0.25, -0.2) is 17.8 Å². The molecule has 3 aromatic rings. The molecule has 2 heterocycles. The lowest BCUT2D eigenvalue weighted by Gasteiger charge is -2.33. The first-order chi connectivity index (χ1) is 16.7. The Balaban J connectivity index is 1.50. The first-order valence-corrected chi connectivity index (χ1v) is 14.0. The Labute approximate surface area is 210 Å². The third kappa shape index (κ3) is 5.72. The molecule has 1 fully saturated rings. The van der Waals surface area contributed by atoms with Crippen molar-refractivity contribution in [2.75, 3.05) is 45.2 Å². The molecule has 0 aliphatic carbocycles. The van der Waals surface area contributed by atoms with Crippen molar-refractivity contribution in [3.63, 3.8) is 0 Å². The van der Waals surface area contributed by atoms with Crippen LogP contribution in [0, 0.1) is 18.7 Å². The maximum atomic E-state index is 13.7. The number of aromatic nitrogens is 1. The van der Waals surface area contributed by atoms with E-state index in [2.05, 4.69) is 4.90 Å². The minimum absolute atomic E-state index is 0.000652. The molecule has 0 unspecified atom stereocenters. The van der Waals surface area contributed by atoms with Crippen molar-refractivity contribution in [1.29, 1.82) is 0 Å². The van der Waals surface area contributed by atoms with Crippen LogP contribution < -0.4 is 4.90 Å². The summed E-state index contributed by atoms with van der Waals surface area (Å²) >= 11 is 1.52. The molecule has 188 valence electrons. The Hall–Kier alpha value is -2.40. The predicted octanol–water partition coefficient (Wildman–Crippen LogP) is 4.13. The third-order valence-corrected chi connectivity index (χ3v) is 9.30. The van der Waals surface area contributed by atoms with Gasteiger partial charge < -0.3 is 4.90 Å². The summed E-state index contributed by atoms with van der Waals surface area (Å²) < 4.78 is 41.6. The smallest absolute Gasteiger partial charge is 0.243 e. The van der Waals surface area contributed by atoms with Crippen LogP contribution in [0.5, 0.6) is 0 Å². The highest BCUT2D eigenvalue weighted by Gasteiger charge is 2.35. The van der Waals surface area contributed by atoms with Crippen LogP contribution in [0.3, 0.4) is 0 Å². The first kappa shape index (κ1) is 25.7. The summed E-state index contributed by atoms with van der Waals surface area (Å²) in [5.74, 6) is -0.755. The monoisotopic (exact) mass is 518 g/mol. The number of amides is 1. The Morgan fingerprint density at radius 1 is 1.11 bits per heavy atom. The Kier molecular flexibility index (Phi) is 7.85. The SMILES string of the molecule is Cc1cccc2sc(N(CCCN(C)C)C(=O)C3CCN(S(=O)(=O)c4ccc(F)cc4)CC3)nc12. The molecule has 0 bridgehead atoms. The van der Waals surface area contributed by atoms with E-state index in [1.807, 2.05) is 39.2 Å². The van der Waals surface area contributed by atoms with Gasteiger partial charge in [0, 0.05) is 25.6 Å². The van der Waals surface area contributed by atoms with Gasteiger partial charge in [0.05, 0.1) is 15.1 Å². The lowest BCUT2D eigenvalue weighted by atomic mass is 9.96. The predicted molar refractivity (Wildman–Crippen MR) is 138 cm³/mol. The fraction of sp³-hybridized carbons (Fsp3) is 0.440. The maximum absolute atomic E-state index is 13.7. The molecule has 1 amide bonds. The van der Waals surface area contributed by atoms with E-state index in [0.29, 0.717) is 24.5 Å². The highest BCUT2D eigenvalue weighted by molar-refractivity contribution is 7.89. The molecule has 0 radical (unpaired) electrons. The van der Waals surface area contributed by atoms with E-state index in [1.54, 1.807) is 4.90 Å². The summed E-state index contributed by atoms with van der Waals surface area (Å²) in [6, 6.07) is 10.9. The van der Waals surface area contributed by atoms with Gasteiger partial charge in [0.25, 0.3) is 0 Å². The van der Waals surface area contributed by atoms with Crippen LogP contribution in [0.4, 0.5) is 9.52 Å². The lowest BCUT2D eigenvalue weighted by molar-refractivity contribution is -0.123. The fourth-order valence-corrected chi connectivity index (χ4v) is 6.90. The molecule has 2 aromatic carbocycles. The van der Waals surface area contributed by atoms with E-state index in [4.69, 9.17) is 4.98 Å². The number of hydrogen-bond acceptors (Lipinski definition) is 6. The zero-order valence-electron chi connectivity index (χ0n) is 20.3. The number of piperidine rings is 1. The molecule has 35 heavy (non-hydrogen) atoms. The average molecular weight is 519 g/mol. The number of carbonyl (C=O) groups is 1. The minimum Gasteiger partial charge on any atom is -0.309 e. The molecule has 0 atom stereocenters. The second-order valence-electron chi connectivity index (χ2n) is 9.20. The Morgan fingerprint density at radius 3 is 2.43 bits per heavy atom. The van der Waals surface area contributed by atoms with Gasteiger partial charge in [0.1, 0.15) is 5.82 Å². The van der Waals surface area contributed by atoms with Gasteiger partial charge in [-0.05, 0) is 82.7 Å². The van der Waals surface area contributed by atoms with Gasteiger partial charge in [0.2, 0.25) is 15.9 Å². The van der Waals surface area contributed by atoms with E-state index < -0.39 is 15.8 Å². The first-order valence-electron chi connectivity index (χ1n) is 11.7. The van der Waals surface area contributed by atoms with Crippen molar-refractivity contribution < 1.29 is 17.6 Å². The van der Waals surface area contributed by atoms with Crippen molar-refractivity contribution >= 4 is 42.6 Å². The van der Waals surface area contributed by atoms with Crippen LogP contribution in [0.1, 0.15) is 24.8 Å². The van der Waals surface area contributed by atoms with Gasteiger partial charge in [-0.3, -0.25) is 9.69 Å². The van der Waals surface area contributed by atoms with E-state index in [0.717, 1.165) is 40.9 Å². The largest absolute Gasteiger partial charge is 0.309 e. The topological polar surface area (TPSA) is 73.8 Å². The highest BCUT2D eigenvalue weighted by atomic mass is 32.2. The van der Waals surface area contributed by atoms with Gasteiger partial charge in [-0.1, -0.05) is 23.5 Å². The molecule has 10 heteroatoms. The number of rotatable bonds is 8. The molecular weight excluding hydrogens is 487 g/mol. The van der Waals surface area contributed by atoms with Crippen molar-refractivity contribution in [2.24, 2.45) is 5.92 Å². The Bertz CT molecular complexity index is 1280. The van der Waals surface area contributed by atoms with Crippen molar-refractivity contribution in [2.45, 2.75) is 31.1 Å². The second kappa shape index (κ2) is 10.7. The summed E-state index contributed by atoms with van der Waals surface area (Å²) in [5.41, 5.74) is 1.99. The number of nitrogens with zero attached hydrogens (tertiary/aromatic N) is 4. The third-order valence-electron chi connectivity index (χ3n) is 6.35. The molecule has 1 saturated heterocycles. The van der Waals surface area contributed by atoms with Crippen molar-refractivity contribution in [1.82, 2.24) is 14.2 Å². The van der Waals surface area contributed by atoms with Crippen LogP contribution >= 0.6 is 11.3 Å². The minimum atomic E-state index is -3.72. The van der Waals surface area contributed by atoms with Crippen LogP contribution in [0.25, 0.3) is 10.2 Å². The number of hydrogen-bond donors (Lipinski definition) is 0. The zero-order chi connectivity index (χ0) is 25.2. The molecule has 0 saturated carbocycles. The molecule has 4 rings (SSSR count). The number of fused-ring (bicyclic) bond motifs is 1. The van der Waals surface area contributed by atoms with Gasteiger partial charge >= 0.3 is 0 Å². The van der Waals surface area contributed by atoms with Crippen LogP contribution in [0.15, 0.2) is 47.4 Å². The number of thiazole rings is 1. The van der Waals surface area contributed by atoms with Crippen LogP contribution in [-0.2, 0) is 14.8 Å². The van der Waals surface area contributed by atoms with E-state index in [1.165, 1.54) is 27.8 Å². The number of halogens is 1. The van der Waals surface area contributed by atoms with Crippen molar-refractivity contribution in [3.8, 4) is 0 Å². The number of aryl methyl sites for hydroxylation is 1. The zero-order valence-corrected chi connectivity index (χ0v) is 21.9. The second-order valence-corrected chi connectivity index (χ2v) is 12.1. The average Bonchev–Trinajstić information content (AvgIpc) is 3.27. The number of para-hydroxylation sites is 1. The normalized spacial score (nSPS) is 15.7. The van der Waals surface area contributed by atoms with Crippen LogP contribution in [0.2, 0.25) is 0 Å².